The van der Waals surface area contributed by atoms with Crippen molar-refractivity contribution in [2.45, 2.75) is 37.9 Å². The smallest absolute Gasteiger partial charge is 0.416 e. The minimum absolute atomic E-state index is 0.0259. The highest BCUT2D eigenvalue weighted by Gasteiger charge is 2.45. The number of benzene rings is 1. The van der Waals surface area contributed by atoms with E-state index in [4.69, 9.17) is 0 Å². The Morgan fingerprint density at radius 1 is 1.15 bits per heavy atom. The minimum atomic E-state index is -4.53. The third kappa shape index (κ3) is 2.28. The summed E-state index contributed by atoms with van der Waals surface area (Å²) < 4.78 is 40.1. The molecule has 3 heterocycles. The molecule has 3 aliphatic rings. The number of piperidine rings is 1. The molecule has 1 aromatic heterocycles. The summed E-state index contributed by atoms with van der Waals surface area (Å²) >= 11 is 0. The van der Waals surface area contributed by atoms with Crippen LogP contribution in [0.3, 0.4) is 0 Å². The highest BCUT2D eigenvalue weighted by atomic mass is 19.4. The second-order valence-electron chi connectivity index (χ2n) is 6.82. The van der Waals surface area contributed by atoms with Crippen molar-refractivity contribution >= 4 is 5.91 Å². The van der Waals surface area contributed by atoms with Gasteiger partial charge in [-0.25, -0.2) is 0 Å². The molecule has 1 saturated heterocycles. The molecular weight excluding hydrogens is 349 g/mol. The van der Waals surface area contributed by atoms with Gasteiger partial charge in [-0.2, -0.15) is 13.2 Å². The lowest BCUT2D eigenvalue weighted by Gasteiger charge is -2.44. The molecule has 2 aromatic rings. The van der Waals surface area contributed by atoms with Crippen molar-refractivity contribution in [2.75, 3.05) is 6.54 Å². The molecule has 2 N–H and O–H groups in total. The third-order valence-electron chi connectivity index (χ3n) is 5.36. The summed E-state index contributed by atoms with van der Waals surface area (Å²) in [6.45, 7) is 1.88. The molecule has 5 nitrogen and oxygen atoms in total. The summed E-state index contributed by atoms with van der Waals surface area (Å²) in [7, 11) is 0. The molecule has 2 aliphatic heterocycles. The van der Waals surface area contributed by atoms with Gasteiger partial charge in [0.05, 0.1) is 17.3 Å². The van der Waals surface area contributed by atoms with E-state index >= 15 is 0 Å². The number of alkyl halides is 3. The number of fused-ring (bicyclic) bond motifs is 2. The Labute approximate surface area is 147 Å². The first-order valence-electron chi connectivity index (χ1n) is 8.31. The van der Waals surface area contributed by atoms with Crippen LogP contribution in [0, 0.1) is 0 Å². The Morgan fingerprint density at radius 2 is 1.85 bits per heavy atom. The monoisotopic (exact) mass is 366 g/mol. The fourth-order valence-electron chi connectivity index (χ4n) is 4.23. The van der Waals surface area contributed by atoms with Gasteiger partial charge in [-0.05, 0) is 31.0 Å². The lowest BCUT2D eigenvalue weighted by Crippen LogP contribution is -2.44. The molecule has 0 radical (unpaired) electrons. The van der Waals surface area contributed by atoms with E-state index in [1.165, 1.54) is 19.1 Å². The van der Waals surface area contributed by atoms with E-state index in [2.05, 4.69) is 0 Å². The quantitative estimate of drug-likeness (QED) is 0.809. The van der Waals surface area contributed by atoms with Gasteiger partial charge in [0, 0.05) is 30.5 Å². The Bertz CT molecular complexity index is 904. The van der Waals surface area contributed by atoms with Crippen molar-refractivity contribution < 1.29 is 28.2 Å². The Hall–Kier alpha value is -2.64. The number of aromatic nitrogens is 1. The molecule has 1 aliphatic carbocycles. The van der Waals surface area contributed by atoms with Crippen LogP contribution >= 0.6 is 0 Å². The molecule has 0 spiro atoms. The fourth-order valence-corrected chi connectivity index (χ4v) is 4.23. The first kappa shape index (κ1) is 16.8. The Balaban J connectivity index is 1.89. The largest absolute Gasteiger partial charge is 0.494 e. The zero-order valence-electron chi connectivity index (χ0n) is 13.9. The topological polar surface area (TPSA) is 65.7 Å². The van der Waals surface area contributed by atoms with E-state index in [-0.39, 0.29) is 35.3 Å². The van der Waals surface area contributed by atoms with Gasteiger partial charge >= 0.3 is 6.18 Å². The third-order valence-corrected chi connectivity index (χ3v) is 5.36. The zero-order chi connectivity index (χ0) is 18.8. The van der Waals surface area contributed by atoms with Crippen LogP contribution in [0.15, 0.2) is 24.3 Å². The summed E-state index contributed by atoms with van der Waals surface area (Å²) in [4.78, 5) is 13.5. The van der Waals surface area contributed by atoms with Gasteiger partial charge in [0.1, 0.15) is 0 Å². The molecule has 1 fully saturated rings. The van der Waals surface area contributed by atoms with Crippen molar-refractivity contribution in [1.82, 2.24) is 9.47 Å². The molecule has 5 rings (SSSR count). The maximum atomic E-state index is 13.0. The first-order chi connectivity index (χ1) is 12.2. The number of halogens is 3. The minimum Gasteiger partial charge on any atom is -0.494 e. The molecule has 138 valence electrons. The molecule has 1 amide bonds. The number of hydrogen-bond acceptors (Lipinski definition) is 3. The summed E-state index contributed by atoms with van der Waals surface area (Å²) in [6, 6.07) is 4.07. The zero-order valence-corrected chi connectivity index (χ0v) is 13.9. The number of aromatic hydroxyl groups is 2. The van der Waals surface area contributed by atoms with Crippen molar-refractivity contribution in [3.05, 3.63) is 41.0 Å². The second-order valence-corrected chi connectivity index (χ2v) is 6.82. The predicted octanol–water partition coefficient (Wildman–Crippen LogP) is 3.69. The number of nitrogens with zero attached hydrogens (tertiary/aromatic N) is 2. The average Bonchev–Trinajstić information content (AvgIpc) is 2.87. The summed E-state index contributed by atoms with van der Waals surface area (Å²) in [6.07, 6.45) is -3.13. The van der Waals surface area contributed by atoms with Gasteiger partial charge in [0.15, 0.2) is 0 Å². The van der Waals surface area contributed by atoms with Crippen LogP contribution in [0.25, 0.3) is 5.69 Å². The van der Waals surface area contributed by atoms with Crippen LogP contribution in [0.5, 0.6) is 11.8 Å². The molecular formula is C18H17F3N2O3. The lowest BCUT2D eigenvalue weighted by molar-refractivity contribution is -0.137. The van der Waals surface area contributed by atoms with Crippen molar-refractivity contribution in [3.63, 3.8) is 0 Å². The van der Waals surface area contributed by atoms with Gasteiger partial charge in [0.2, 0.25) is 17.7 Å². The van der Waals surface area contributed by atoms with Crippen LogP contribution in [0.2, 0.25) is 0 Å². The highest BCUT2D eigenvalue weighted by Crippen LogP contribution is 2.55. The van der Waals surface area contributed by atoms with Gasteiger partial charge in [-0.3, -0.25) is 9.36 Å². The number of carbonyl (C=O) groups excluding carboxylic acids is 1. The van der Waals surface area contributed by atoms with Gasteiger partial charge in [-0.15, -0.1) is 0 Å². The van der Waals surface area contributed by atoms with E-state index in [0.717, 1.165) is 23.1 Å². The molecule has 0 unspecified atom stereocenters. The van der Waals surface area contributed by atoms with Crippen LogP contribution in [-0.2, 0) is 11.0 Å². The maximum Gasteiger partial charge on any atom is 0.416 e. The van der Waals surface area contributed by atoms with Gasteiger partial charge < -0.3 is 15.1 Å². The molecule has 2 bridgehead atoms. The number of hydrogen-bond donors (Lipinski definition) is 2. The molecule has 26 heavy (non-hydrogen) atoms. The van der Waals surface area contributed by atoms with Crippen molar-refractivity contribution in [2.24, 2.45) is 0 Å². The molecule has 8 heteroatoms. The number of rotatable bonds is 1. The fraction of sp³-hybridized carbons (Fsp3) is 0.389. The highest BCUT2D eigenvalue weighted by molar-refractivity contribution is 5.75. The van der Waals surface area contributed by atoms with E-state index in [9.17, 15) is 28.2 Å². The van der Waals surface area contributed by atoms with Gasteiger partial charge in [0.25, 0.3) is 0 Å². The van der Waals surface area contributed by atoms with Crippen molar-refractivity contribution in [3.8, 4) is 17.4 Å². The Kier molecular flexibility index (Phi) is 3.51. The number of carbonyl (C=O) groups is 1. The SMILES string of the molecule is CC(=O)N1C[C@@H]2CC[C@H]1c1c2c(O)n(-c2cccc(C(F)(F)F)c2)c1O. The standard InChI is InChI=1S/C18H17F3N2O3/c1-9(24)22-8-10-5-6-13(22)15-14(10)16(25)23(17(15)26)12-4-2-3-11(7-12)18(19,20)21/h2-4,7,10,13,25-26H,5-6,8H2,1H3/t10-,13-/m0/s1. The average molecular weight is 366 g/mol. The maximum absolute atomic E-state index is 13.0. The van der Waals surface area contributed by atoms with Crippen molar-refractivity contribution in [1.29, 1.82) is 0 Å². The lowest BCUT2D eigenvalue weighted by atomic mass is 9.76. The van der Waals surface area contributed by atoms with Gasteiger partial charge in [-0.1, -0.05) is 6.07 Å². The molecule has 1 aromatic carbocycles. The van der Waals surface area contributed by atoms with E-state index in [0.29, 0.717) is 24.1 Å². The summed E-state index contributed by atoms with van der Waals surface area (Å²) in [5.74, 6) is -0.833. The second kappa shape index (κ2) is 5.43. The van der Waals surface area contributed by atoms with Crippen LogP contribution in [0.1, 0.15) is 48.4 Å². The van der Waals surface area contributed by atoms with Crippen LogP contribution in [0.4, 0.5) is 13.2 Å². The first-order valence-corrected chi connectivity index (χ1v) is 8.31. The van der Waals surface area contributed by atoms with Crippen LogP contribution in [-0.4, -0.2) is 32.1 Å². The molecule has 2 atom stereocenters. The normalized spacial score (nSPS) is 21.8. The number of amides is 1. The van der Waals surface area contributed by atoms with Crippen LogP contribution < -0.4 is 0 Å². The van der Waals surface area contributed by atoms with E-state index < -0.39 is 11.7 Å². The van der Waals surface area contributed by atoms with E-state index in [1.807, 2.05) is 0 Å². The van der Waals surface area contributed by atoms with E-state index in [1.54, 1.807) is 4.90 Å². The predicted molar refractivity (Wildman–Crippen MR) is 86.2 cm³/mol. The Morgan fingerprint density at radius 3 is 2.50 bits per heavy atom. The molecule has 0 saturated carbocycles. The summed E-state index contributed by atoms with van der Waals surface area (Å²) in [5, 5.41) is 21.4. The summed E-state index contributed by atoms with van der Waals surface area (Å²) in [5.41, 5.74) is 0.137.